The predicted octanol–water partition coefficient (Wildman–Crippen LogP) is 0.564. The average molecular weight is 244 g/mol. The Labute approximate surface area is 94.9 Å². The van der Waals surface area contributed by atoms with Crippen molar-refractivity contribution >= 4 is 22.4 Å². The molecule has 1 rings (SSSR count). The second-order valence-electron chi connectivity index (χ2n) is 3.21. The molecule has 7 nitrogen and oxygen atoms in total. The van der Waals surface area contributed by atoms with Crippen LogP contribution in [0.25, 0.3) is 0 Å². The minimum Gasteiger partial charge on any atom is -0.353 e. The number of anilines is 1. The molecule has 1 aromatic heterocycles. The highest BCUT2D eigenvalue weighted by atomic mass is 32.2. The normalized spacial score (nSPS) is 14.1. The third kappa shape index (κ3) is 3.54. The molecule has 0 aliphatic rings. The van der Waals surface area contributed by atoms with Crippen LogP contribution in [0.2, 0.25) is 0 Å². The van der Waals surface area contributed by atoms with Gasteiger partial charge in [0.05, 0.1) is 4.92 Å². The Balaban J connectivity index is 2.56. The van der Waals surface area contributed by atoms with Gasteiger partial charge in [-0.2, -0.15) is 0 Å². The van der Waals surface area contributed by atoms with E-state index in [0.29, 0.717) is 12.5 Å². The molecule has 0 spiro atoms. The van der Waals surface area contributed by atoms with E-state index in [4.69, 9.17) is 0 Å². The lowest BCUT2D eigenvalue weighted by molar-refractivity contribution is -0.385. The van der Waals surface area contributed by atoms with Crippen LogP contribution in [0.1, 0.15) is 6.92 Å². The summed E-state index contributed by atoms with van der Waals surface area (Å²) in [5.41, 5.74) is -0.155. The van der Waals surface area contributed by atoms with Gasteiger partial charge in [0.1, 0.15) is 12.4 Å². The van der Waals surface area contributed by atoms with E-state index in [1.165, 1.54) is 0 Å². The molecular weight excluding hydrogens is 232 g/mol. The second kappa shape index (κ2) is 5.50. The van der Waals surface area contributed by atoms with Crippen LogP contribution in [0.3, 0.4) is 0 Å². The van der Waals surface area contributed by atoms with E-state index in [0.717, 1.165) is 12.4 Å². The van der Waals surface area contributed by atoms with Crippen LogP contribution < -0.4 is 5.32 Å². The lowest BCUT2D eigenvalue weighted by atomic mass is 10.5. The van der Waals surface area contributed by atoms with E-state index in [1.54, 1.807) is 6.26 Å². The Kier molecular flexibility index (Phi) is 4.29. The Morgan fingerprint density at radius 3 is 2.56 bits per heavy atom. The summed E-state index contributed by atoms with van der Waals surface area (Å²) in [6.45, 7) is 2.29. The molecule has 0 radical (unpaired) electrons. The SMILES string of the molecule is CC(CNc1ncc([N+](=O)[O-])cn1)S(C)=O. The molecule has 0 aliphatic heterocycles. The first kappa shape index (κ1) is 12.5. The Hall–Kier alpha value is -1.57. The third-order valence-electron chi connectivity index (χ3n) is 1.96. The zero-order valence-electron chi connectivity index (χ0n) is 8.91. The number of aromatic nitrogens is 2. The quantitative estimate of drug-likeness (QED) is 0.600. The van der Waals surface area contributed by atoms with Crippen molar-refractivity contribution in [1.82, 2.24) is 9.97 Å². The predicted molar refractivity (Wildman–Crippen MR) is 60.7 cm³/mol. The fourth-order valence-corrected chi connectivity index (χ4v) is 1.18. The van der Waals surface area contributed by atoms with E-state index < -0.39 is 15.7 Å². The van der Waals surface area contributed by atoms with Crippen LogP contribution in [0, 0.1) is 10.1 Å². The van der Waals surface area contributed by atoms with Crippen LogP contribution in [0.5, 0.6) is 0 Å². The van der Waals surface area contributed by atoms with Gasteiger partial charge in [0.25, 0.3) is 0 Å². The highest BCUT2D eigenvalue weighted by molar-refractivity contribution is 7.84. The van der Waals surface area contributed by atoms with Crippen LogP contribution >= 0.6 is 0 Å². The molecule has 2 atom stereocenters. The number of nitrogens with zero attached hydrogens (tertiary/aromatic N) is 3. The molecular formula is C8H12N4O3S. The standard InChI is InChI=1S/C8H12N4O3S/c1-6(16(2)15)3-9-8-10-4-7(5-11-8)12(13)14/h4-6H,3H2,1-2H3,(H,9,10,11). The Morgan fingerprint density at radius 1 is 1.56 bits per heavy atom. The van der Waals surface area contributed by atoms with Crippen LogP contribution in [0.4, 0.5) is 11.6 Å². The van der Waals surface area contributed by atoms with E-state index in [9.17, 15) is 14.3 Å². The van der Waals surface area contributed by atoms with Crippen molar-refractivity contribution in [2.75, 3.05) is 18.1 Å². The van der Waals surface area contributed by atoms with Crippen molar-refractivity contribution in [2.45, 2.75) is 12.2 Å². The van der Waals surface area contributed by atoms with Crippen molar-refractivity contribution in [3.63, 3.8) is 0 Å². The number of rotatable bonds is 5. The van der Waals surface area contributed by atoms with Gasteiger partial charge in [-0.15, -0.1) is 0 Å². The molecule has 1 heterocycles. The molecule has 0 bridgehead atoms. The summed E-state index contributed by atoms with van der Waals surface area (Å²) < 4.78 is 11.0. The lowest BCUT2D eigenvalue weighted by Gasteiger charge is -2.08. The first-order chi connectivity index (χ1) is 7.50. The summed E-state index contributed by atoms with van der Waals surface area (Å²) >= 11 is 0. The minimum absolute atomic E-state index is 0.0289. The zero-order valence-corrected chi connectivity index (χ0v) is 9.73. The monoisotopic (exact) mass is 244 g/mol. The van der Waals surface area contributed by atoms with Gasteiger partial charge >= 0.3 is 5.69 Å². The summed E-state index contributed by atoms with van der Waals surface area (Å²) in [6.07, 6.45) is 3.87. The van der Waals surface area contributed by atoms with Gasteiger partial charge in [0.2, 0.25) is 5.95 Å². The number of nitrogens with one attached hydrogen (secondary N) is 1. The van der Waals surface area contributed by atoms with Gasteiger partial charge in [0.15, 0.2) is 0 Å². The fraction of sp³-hybridized carbons (Fsp3) is 0.500. The summed E-state index contributed by atoms with van der Waals surface area (Å²) in [6, 6.07) is 0. The maximum absolute atomic E-state index is 11.0. The van der Waals surface area contributed by atoms with E-state index in [2.05, 4.69) is 15.3 Å². The topological polar surface area (TPSA) is 98.0 Å². The molecule has 88 valence electrons. The van der Waals surface area contributed by atoms with Crippen molar-refractivity contribution in [3.05, 3.63) is 22.5 Å². The summed E-state index contributed by atoms with van der Waals surface area (Å²) in [4.78, 5) is 17.3. The van der Waals surface area contributed by atoms with Gasteiger partial charge in [-0.25, -0.2) is 9.97 Å². The molecule has 0 saturated heterocycles. The van der Waals surface area contributed by atoms with Crippen molar-refractivity contribution in [1.29, 1.82) is 0 Å². The van der Waals surface area contributed by atoms with Gasteiger partial charge in [-0.3, -0.25) is 14.3 Å². The van der Waals surface area contributed by atoms with Crippen molar-refractivity contribution in [2.24, 2.45) is 0 Å². The Morgan fingerprint density at radius 2 is 2.12 bits per heavy atom. The molecule has 0 saturated carbocycles. The molecule has 2 unspecified atom stereocenters. The number of nitro groups is 1. The first-order valence-electron chi connectivity index (χ1n) is 4.53. The Bertz CT molecular complexity index is 395. The van der Waals surface area contributed by atoms with E-state index in [1.807, 2.05) is 6.92 Å². The fourth-order valence-electron chi connectivity index (χ4n) is 0.859. The molecule has 0 aromatic carbocycles. The molecule has 16 heavy (non-hydrogen) atoms. The van der Waals surface area contributed by atoms with Crippen LogP contribution in [0.15, 0.2) is 12.4 Å². The number of hydrogen-bond donors (Lipinski definition) is 1. The lowest BCUT2D eigenvalue weighted by Crippen LogP contribution is -2.21. The molecule has 0 fully saturated rings. The minimum atomic E-state index is -0.922. The van der Waals surface area contributed by atoms with Crippen LogP contribution in [-0.4, -0.2) is 37.2 Å². The summed E-state index contributed by atoms with van der Waals surface area (Å²) in [7, 11) is -0.922. The second-order valence-corrected chi connectivity index (χ2v) is 5.01. The molecule has 8 heteroatoms. The molecule has 1 aromatic rings. The first-order valence-corrected chi connectivity index (χ1v) is 6.15. The van der Waals surface area contributed by atoms with E-state index >= 15 is 0 Å². The number of hydrogen-bond acceptors (Lipinski definition) is 6. The average Bonchev–Trinajstić information content (AvgIpc) is 2.26. The van der Waals surface area contributed by atoms with Crippen LogP contribution in [-0.2, 0) is 10.8 Å². The highest BCUT2D eigenvalue weighted by Crippen LogP contribution is 2.08. The third-order valence-corrected chi connectivity index (χ3v) is 3.26. The smallest absolute Gasteiger partial charge is 0.305 e. The molecule has 0 amide bonds. The van der Waals surface area contributed by atoms with Crippen molar-refractivity contribution in [3.8, 4) is 0 Å². The van der Waals surface area contributed by atoms with Gasteiger partial charge < -0.3 is 5.32 Å². The van der Waals surface area contributed by atoms with Crippen molar-refractivity contribution < 1.29 is 9.13 Å². The maximum Gasteiger partial charge on any atom is 0.305 e. The highest BCUT2D eigenvalue weighted by Gasteiger charge is 2.09. The molecule has 0 aliphatic carbocycles. The van der Waals surface area contributed by atoms with E-state index in [-0.39, 0.29) is 10.9 Å². The summed E-state index contributed by atoms with van der Waals surface area (Å²) in [5.74, 6) is 0.294. The molecule has 1 N–H and O–H groups in total. The zero-order chi connectivity index (χ0) is 12.1. The van der Waals surface area contributed by atoms with Gasteiger partial charge in [-0.1, -0.05) is 0 Å². The summed E-state index contributed by atoms with van der Waals surface area (Å²) in [5, 5.41) is 13.2. The maximum atomic E-state index is 11.0. The van der Waals surface area contributed by atoms with Gasteiger partial charge in [-0.05, 0) is 6.92 Å². The van der Waals surface area contributed by atoms with Gasteiger partial charge in [0, 0.05) is 28.9 Å². The largest absolute Gasteiger partial charge is 0.353 e.